The molecule has 2 saturated heterocycles. The number of methoxy groups -OCH3 is 2. The summed E-state index contributed by atoms with van der Waals surface area (Å²) in [5, 5.41) is 6.84. The third-order valence-electron chi connectivity index (χ3n) is 7.41. The van der Waals surface area contributed by atoms with E-state index in [4.69, 9.17) is 14.5 Å². The van der Waals surface area contributed by atoms with Crippen LogP contribution in [-0.4, -0.2) is 89.5 Å². The van der Waals surface area contributed by atoms with Gasteiger partial charge >= 0.3 is 6.03 Å². The lowest BCUT2D eigenvalue weighted by molar-refractivity contribution is -0.138. The first-order valence-corrected chi connectivity index (χ1v) is 13.7. The number of rotatable bonds is 7. The van der Waals surface area contributed by atoms with Crippen LogP contribution in [0.25, 0.3) is 11.1 Å². The molecular formula is C30H40N6O5. The number of hydrogen-bond acceptors (Lipinski definition) is 8. The predicted molar refractivity (Wildman–Crippen MR) is 156 cm³/mol. The lowest BCUT2D eigenvalue weighted by Gasteiger charge is -2.42. The molecule has 1 spiro atoms. The second kappa shape index (κ2) is 12.6. The van der Waals surface area contributed by atoms with E-state index in [1.165, 1.54) is 0 Å². The number of nitrogens with zero attached hydrogens (tertiary/aromatic N) is 5. The maximum Gasteiger partial charge on any atom is 0.326 e. The second-order valence-corrected chi connectivity index (χ2v) is 11.4. The van der Waals surface area contributed by atoms with E-state index in [2.05, 4.69) is 26.9 Å². The van der Waals surface area contributed by atoms with Gasteiger partial charge in [0.2, 0.25) is 5.88 Å². The molecule has 0 saturated carbocycles. The highest BCUT2D eigenvalue weighted by atomic mass is 16.5. The smallest absolute Gasteiger partial charge is 0.326 e. The van der Waals surface area contributed by atoms with Crippen LogP contribution in [0.15, 0.2) is 48.8 Å². The maximum absolute atomic E-state index is 13.8. The standard InChI is InChI=1S/C25H30N6O3.C5H10O2/c1-29-11-9-25(10-12-29)17-30(24(32)31(25)16-18-5-4-6-20(13-18)33-2)22-8-7-21(23(28-22)34-3)19-14-26-27-15-19;1-5(2,3)7-4-6/h4-8,13-15H,9-12,16-17H2,1-3H3,(H,26,27);4H,1-3H3. The summed E-state index contributed by atoms with van der Waals surface area (Å²) in [6, 6.07) is 11.7. The molecule has 11 heteroatoms. The van der Waals surface area contributed by atoms with Crippen molar-refractivity contribution in [2.24, 2.45) is 0 Å². The van der Waals surface area contributed by atoms with Gasteiger partial charge in [0.1, 0.15) is 17.2 Å². The molecule has 0 aliphatic carbocycles. The van der Waals surface area contributed by atoms with Crippen molar-refractivity contribution in [3.05, 3.63) is 54.4 Å². The van der Waals surface area contributed by atoms with Crippen LogP contribution in [0.4, 0.5) is 10.6 Å². The van der Waals surface area contributed by atoms with E-state index in [1.54, 1.807) is 31.5 Å². The lowest BCUT2D eigenvalue weighted by Crippen LogP contribution is -2.53. The van der Waals surface area contributed by atoms with Gasteiger partial charge in [0, 0.05) is 37.0 Å². The summed E-state index contributed by atoms with van der Waals surface area (Å²) < 4.78 is 15.5. The Morgan fingerprint density at radius 2 is 1.85 bits per heavy atom. The molecule has 0 radical (unpaired) electrons. The van der Waals surface area contributed by atoms with Crippen LogP contribution >= 0.6 is 0 Å². The van der Waals surface area contributed by atoms with Crippen molar-refractivity contribution in [3.8, 4) is 22.8 Å². The van der Waals surface area contributed by atoms with Crippen LogP contribution in [0.1, 0.15) is 39.2 Å². The molecule has 0 atom stereocenters. The summed E-state index contributed by atoms with van der Waals surface area (Å²) in [5.41, 5.74) is 2.20. The lowest BCUT2D eigenvalue weighted by atomic mass is 9.86. The van der Waals surface area contributed by atoms with Crippen LogP contribution < -0.4 is 14.4 Å². The van der Waals surface area contributed by atoms with Crippen molar-refractivity contribution in [2.75, 3.05) is 45.8 Å². The Bertz CT molecular complexity index is 1320. The number of piperidine rings is 1. The summed E-state index contributed by atoms with van der Waals surface area (Å²) in [5.74, 6) is 1.86. The topological polar surface area (TPSA) is 113 Å². The van der Waals surface area contributed by atoms with Crippen molar-refractivity contribution >= 4 is 18.3 Å². The Balaban J connectivity index is 0.000000493. The van der Waals surface area contributed by atoms with Gasteiger partial charge < -0.3 is 24.0 Å². The van der Waals surface area contributed by atoms with Crippen molar-refractivity contribution < 1.29 is 23.8 Å². The third kappa shape index (κ3) is 6.97. The third-order valence-corrected chi connectivity index (χ3v) is 7.41. The van der Waals surface area contributed by atoms with Crippen LogP contribution in [0.3, 0.4) is 0 Å². The van der Waals surface area contributed by atoms with Crippen molar-refractivity contribution in [3.63, 3.8) is 0 Å². The minimum Gasteiger partial charge on any atom is -0.497 e. The summed E-state index contributed by atoms with van der Waals surface area (Å²) in [4.78, 5) is 34.3. The number of aromatic amines is 1. The normalized spacial score (nSPS) is 16.8. The number of H-pyrrole nitrogens is 1. The van der Waals surface area contributed by atoms with Gasteiger partial charge in [0.25, 0.3) is 6.47 Å². The average molecular weight is 565 g/mol. The summed E-state index contributed by atoms with van der Waals surface area (Å²) in [6.07, 6.45) is 5.35. The number of nitrogens with one attached hydrogen (secondary N) is 1. The largest absolute Gasteiger partial charge is 0.497 e. The van der Waals surface area contributed by atoms with Gasteiger partial charge in [-0.25, -0.2) is 4.79 Å². The number of hydrogen-bond donors (Lipinski definition) is 1. The molecule has 41 heavy (non-hydrogen) atoms. The number of carbonyl (C=O) groups excluding carboxylic acids is 2. The second-order valence-electron chi connectivity index (χ2n) is 11.4. The number of pyridine rings is 1. The van der Waals surface area contributed by atoms with Gasteiger partial charge in [-0.15, -0.1) is 0 Å². The van der Waals surface area contributed by atoms with Gasteiger partial charge in [0.15, 0.2) is 0 Å². The number of amides is 2. The van der Waals surface area contributed by atoms with Gasteiger partial charge in [-0.2, -0.15) is 10.1 Å². The maximum atomic E-state index is 13.8. The Hall–Kier alpha value is -4.12. The SMILES string of the molecule is CC(C)(C)OC=O.COc1cccc(CN2C(=O)N(c3ccc(-c4cn[nH]c4)c(OC)n3)CC23CCN(C)CC3)c1. The molecule has 1 aromatic carbocycles. The highest BCUT2D eigenvalue weighted by Crippen LogP contribution is 2.40. The van der Waals surface area contributed by atoms with Crippen molar-refractivity contribution in [2.45, 2.75) is 51.3 Å². The number of likely N-dealkylation sites (tertiary alicyclic amines) is 1. The van der Waals surface area contributed by atoms with E-state index in [9.17, 15) is 9.59 Å². The molecular weight excluding hydrogens is 524 g/mol. The molecule has 0 unspecified atom stereocenters. The zero-order valence-corrected chi connectivity index (χ0v) is 24.7. The minimum absolute atomic E-state index is 0.0296. The van der Waals surface area contributed by atoms with Crippen LogP contribution in [-0.2, 0) is 16.1 Å². The highest BCUT2D eigenvalue weighted by molar-refractivity contribution is 5.95. The molecule has 11 nitrogen and oxygen atoms in total. The monoisotopic (exact) mass is 564 g/mol. The first-order chi connectivity index (χ1) is 19.6. The fraction of sp³-hybridized carbons (Fsp3) is 0.467. The van der Waals surface area contributed by atoms with E-state index in [1.807, 2.05) is 62.1 Å². The van der Waals surface area contributed by atoms with Crippen LogP contribution in [0.5, 0.6) is 11.6 Å². The van der Waals surface area contributed by atoms with Gasteiger partial charge in [-0.05, 0) is 70.5 Å². The number of ether oxygens (including phenoxy) is 3. The fourth-order valence-electron chi connectivity index (χ4n) is 5.13. The fourth-order valence-corrected chi connectivity index (χ4v) is 5.13. The predicted octanol–water partition coefficient (Wildman–Crippen LogP) is 4.35. The molecule has 1 N–H and O–H groups in total. The first kappa shape index (κ1) is 29.9. The molecule has 2 amide bonds. The molecule has 4 heterocycles. The summed E-state index contributed by atoms with van der Waals surface area (Å²) in [6.45, 7) is 8.95. The molecule has 3 aromatic rings. The van der Waals surface area contributed by atoms with Crippen molar-refractivity contribution in [1.82, 2.24) is 25.0 Å². The number of benzene rings is 1. The van der Waals surface area contributed by atoms with E-state index in [0.29, 0.717) is 31.3 Å². The molecule has 220 valence electrons. The molecule has 0 bridgehead atoms. The molecule has 2 aliphatic heterocycles. The van der Waals surface area contributed by atoms with Gasteiger partial charge in [-0.1, -0.05) is 12.1 Å². The van der Waals surface area contributed by atoms with Gasteiger partial charge in [-0.3, -0.25) is 14.8 Å². The summed E-state index contributed by atoms with van der Waals surface area (Å²) >= 11 is 0. The van der Waals surface area contributed by atoms with E-state index in [0.717, 1.165) is 48.4 Å². The quantitative estimate of drug-likeness (QED) is 0.422. The van der Waals surface area contributed by atoms with E-state index < -0.39 is 0 Å². The zero-order valence-electron chi connectivity index (χ0n) is 24.7. The van der Waals surface area contributed by atoms with E-state index >= 15 is 0 Å². The van der Waals surface area contributed by atoms with Crippen LogP contribution in [0, 0.1) is 0 Å². The molecule has 2 fully saturated rings. The van der Waals surface area contributed by atoms with E-state index in [-0.39, 0.29) is 17.2 Å². The molecule has 5 rings (SSSR count). The van der Waals surface area contributed by atoms with Crippen molar-refractivity contribution in [1.29, 1.82) is 0 Å². The molecule has 2 aliphatic rings. The average Bonchev–Trinajstić information content (AvgIpc) is 3.58. The minimum atomic E-state index is -0.318. The number of aromatic nitrogens is 3. The zero-order chi connectivity index (χ0) is 29.6. The summed E-state index contributed by atoms with van der Waals surface area (Å²) in [7, 11) is 5.39. The number of urea groups is 1. The number of carbonyl (C=O) groups is 2. The Labute approximate surface area is 241 Å². The van der Waals surface area contributed by atoms with Gasteiger partial charge in [0.05, 0.1) is 32.5 Å². The molecule has 2 aromatic heterocycles. The Morgan fingerprint density at radius 3 is 2.44 bits per heavy atom. The Morgan fingerprint density at radius 1 is 1.10 bits per heavy atom. The van der Waals surface area contributed by atoms with Crippen LogP contribution in [0.2, 0.25) is 0 Å². The highest BCUT2D eigenvalue weighted by Gasteiger charge is 2.51. The Kier molecular flexibility index (Phi) is 9.17. The first-order valence-electron chi connectivity index (χ1n) is 13.7. The number of anilines is 1.